The van der Waals surface area contributed by atoms with E-state index in [0.29, 0.717) is 11.6 Å². The predicted octanol–water partition coefficient (Wildman–Crippen LogP) is 3.43. The fourth-order valence-corrected chi connectivity index (χ4v) is 4.79. The number of carbonyl (C=O) groups is 3. The van der Waals surface area contributed by atoms with Crippen molar-refractivity contribution in [2.75, 3.05) is 6.54 Å². The first-order valence-electron chi connectivity index (χ1n) is 12.8. The Morgan fingerprint density at radius 1 is 1.05 bits per heavy atom. The highest BCUT2D eigenvalue weighted by Gasteiger charge is 2.42. The average molecular weight is 605 g/mol. The minimum absolute atomic E-state index is 0.120. The van der Waals surface area contributed by atoms with Crippen LogP contribution < -0.4 is 16.4 Å². The maximum absolute atomic E-state index is 14.2. The van der Waals surface area contributed by atoms with E-state index in [4.69, 9.17) is 11.1 Å². The Bertz CT molecular complexity index is 1630. The summed E-state index contributed by atoms with van der Waals surface area (Å²) in [6.07, 6.45) is -4.35. The molecule has 43 heavy (non-hydrogen) atoms. The predicted molar refractivity (Wildman–Crippen MR) is 141 cm³/mol. The van der Waals surface area contributed by atoms with Crippen molar-refractivity contribution in [3.05, 3.63) is 100 Å². The van der Waals surface area contributed by atoms with Crippen molar-refractivity contribution in [3.8, 4) is 11.1 Å². The van der Waals surface area contributed by atoms with Crippen LogP contribution in [-0.4, -0.2) is 41.0 Å². The van der Waals surface area contributed by atoms with Crippen molar-refractivity contribution in [2.24, 2.45) is 5.73 Å². The minimum Gasteiger partial charge on any atom is -0.366 e. The molecule has 1 aliphatic carbocycles. The third-order valence-electron chi connectivity index (χ3n) is 6.71. The summed E-state index contributed by atoms with van der Waals surface area (Å²) in [7, 11) is 0. The second-order valence-electron chi connectivity index (χ2n) is 9.69. The van der Waals surface area contributed by atoms with Crippen LogP contribution >= 0.6 is 0 Å². The van der Waals surface area contributed by atoms with Gasteiger partial charge in [0.2, 0.25) is 5.78 Å². The Kier molecular flexibility index (Phi) is 9.09. The summed E-state index contributed by atoms with van der Waals surface area (Å²) in [4.78, 5) is 41.4. The smallest absolute Gasteiger partial charge is 0.366 e. The maximum Gasteiger partial charge on any atom is 0.433 e. The van der Waals surface area contributed by atoms with E-state index in [-0.39, 0.29) is 41.8 Å². The number of alkyl halides is 3. The summed E-state index contributed by atoms with van der Waals surface area (Å²) in [5.74, 6) is -5.09. The van der Waals surface area contributed by atoms with Crippen LogP contribution in [0.5, 0.6) is 0 Å². The lowest BCUT2D eigenvalue weighted by Crippen LogP contribution is -2.86. The van der Waals surface area contributed by atoms with Gasteiger partial charge in [0.1, 0.15) is 23.2 Å². The number of ketones is 1. The van der Waals surface area contributed by atoms with E-state index < -0.39 is 70.7 Å². The molecular formula is C29H24F6N5O3+. The van der Waals surface area contributed by atoms with Crippen molar-refractivity contribution in [1.82, 2.24) is 10.3 Å². The van der Waals surface area contributed by atoms with E-state index in [9.17, 15) is 40.7 Å². The molecule has 8 nitrogen and oxygen atoms in total. The lowest BCUT2D eigenvalue weighted by molar-refractivity contribution is -0.588. The van der Waals surface area contributed by atoms with Gasteiger partial charge in [-0.15, -0.1) is 0 Å². The summed E-state index contributed by atoms with van der Waals surface area (Å²) < 4.78 is 81.5. The van der Waals surface area contributed by atoms with E-state index in [2.05, 4.69) is 10.3 Å². The van der Waals surface area contributed by atoms with Crippen LogP contribution in [0.2, 0.25) is 0 Å². The number of nitrogens with two attached hydrogens (primary N) is 2. The standard InChI is InChI=1S/C29H23F6N5O3/c30-16-8-14(9-17(31)12-16)10-22(25-18(2-1-7-38-25)15-3-5-21(32)20(11-15)28(37)43)40-24(42)13-39-26-19(4-6-23(26)41)27(36)29(33,34)35/h1-3,5,7-9,11-12,22,36,39H,4,6,10,13H2,(H2,37,43)(H,40,42)/p+1. The van der Waals surface area contributed by atoms with E-state index in [1.54, 1.807) is 6.07 Å². The van der Waals surface area contributed by atoms with E-state index in [0.717, 1.165) is 23.5 Å². The maximum atomic E-state index is 14.2. The largest absolute Gasteiger partial charge is 0.433 e. The number of rotatable bonds is 10. The van der Waals surface area contributed by atoms with Crippen molar-refractivity contribution in [1.29, 1.82) is 5.41 Å². The summed E-state index contributed by atoms with van der Waals surface area (Å²) in [6.45, 7) is -0.561. The molecule has 0 bridgehead atoms. The van der Waals surface area contributed by atoms with Gasteiger partial charge in [-0.05, 0) is 54.3 Å². The fraction of sp³-hybridized carbons (Fsp3) is 0.207. The van der Waals surface area contributed by atoms with Crippen molar-refractivity contribution < 1.29 is 46.0 Å². The summed E-state index contributed by atoms with van der Waals surface area (Å²) in [5.41, 5.74) is 3.18. The number of halogens is 6. The zero-order valence-electron chi connectivity index (χ0n) is 22.2. The topological polar surface area (TPSA) is 143 Å². The number of allylic oxidation sites excluding steroid dienone is 2. The molecule has 0 fully saturated rings. The Labute approximate surface area is 240 Å². The number of carbonyl (C=O) groups excluding carboxylic acids is 3. The molecule has 1 unspecified atom stereocenters. The van der Waals surface area contributed by atoms with Crippen molar-refractivity contribution in [2.45, 2.75) is 31.5 Å². The zero-order valence-corrected chi connectivity index (χ0v) is 22.2. The van der Waals surface area contributed by atoms with Gasteiger partial charge in [0.15, 0.2) is 12.2 Å². The SMILES string of the molecule is N=C(C1=C([NH2+]CC(=O)NC(Cc2cc(F)cc(F)c2)c2ncccc2-c2ccc(F)c(C(N)=O)c2)C(=O)CC1)C(F)(F)F. The van der Waals surface area contributed by atoms with E-state index in [1.165, 1.54) is 24.4 Å². The molecule has 6 N–H and O–H groups in total. The van der Waals surface area contributed by atoms with Crippen LogP contribution in [0.25, 0.3) is 11.1 Å². The highest BCUT2D eigenvalue weighted by Crippen LogP contribution is 2.31. The van der Waals surface area contributed by atoms with Crippen LogP contribution in [0.3, 0.4) is 0 Å². The number of amides is 2. The molecule has 0 aliphatic heterocycles. The van der Waals surface area contributed by atoms with Gasteiger partial charge in [-0.2, -0.15) is 13.2 Å². The molecule has 1 aliphatic rings. The molecule has 14 heteroatoms. The zero-order chi connectivity index (χ0) is 31.5. The molecule has 2 amide bonds. The Morgan fingerprint density at radius 2 is 1.74 bits per heavy atom. The molecule has 1 aromatic heterocycles. The summed E-state index contributed by atoms with van der Waals surface area (Å²) >= 11 is 0. The molecular weight excluding hydrogens is 580 g/mol. The molecule has 1 heterocycles. The summed E-state index contributed by atoms with van der Waals surface area (Å²) in [6, 6.07) is 8.25. The van der Waals surface area contributed by atoms with Crippen LogP contribution in [0, 0.1) is 22.9 Å². The van der Waals surface area contributed by atoms with Gasteiger partial charge in [-0.1, -0.05) is 12.1 Å². The number of aromatic nitrogens is 1. The second-order valence-corrected chi connectivity index (χ2v) is 9.69. The molecule has 2 aromatic carbocycles. The highest BCUT2D eigenvalue weighted by molar-refractivity contribution is 6.11. The van der Waals surface area contributed by atoms with Gasteiger partial charge in [0, 0.05) is 29.8 Å². The normalized spacial score (nSPS) is 14.1. The van der Waals surface area contributed by atoms with Gasteiger partial charge in [0.25, 0.3) is 11.8 Å². The third kappa shape index (κ3) is 7.33. The Hall–Kier alpha value is -4.85. The van der Waals surface area contributed by atoms with E-state index >= 15 is 0 Å². The lowest BCUT2D eigenvalue weighted by Gasteiger charge is -2.21. The number of hydrogen-bond donors (Lipinski definition) is 4. The van der Waals surface area contributed by atoms with Crippen LogP contribution in [0.4, 0.5) is 26.3 Å². The number of pyridine rings is 1. The molecule has 1 atom stereocenters. The molecule has 4 rings (SSSR count). The quantitative estimate of drug-likeness (QED) is 0.208. The number of Topliss-reactive ketones (excluding diaryl/α,β-unsaturated/α-hetero) is 1. The monoisotopic (exact) mass is 604 g/mol. The van der Waals surface area contributed by atoms with E-state index in [1.807, 2.05) is 0 Å². The molecule has 3 aromatic rings. The average Bonchev–Trinajstić information content (AvgIpc) is 3.30. The molecule has 224 valence electrons. The molecule has 0 spiro atoms. The minimum atomic E-state index is -4.98. The highest BCUT2D eigenvalue weighted by atomic mass is 19.4. The van der Waals surface area contributed by atoms with Crippen LogP contribution in [-0.2, 0) is 16.0 Å². The molecule has 0 saturated heterocycles. The first kappa shape index (κ1) is 31.1. The Balaban J connectivity index is 1.68. The first-order valence-corrected chi connectivity index (χ1v) is 12.8. The molecule has 0 saturated carbocycles. The third-order valence-corrected chi connectivity index (χ3v) is 6.71. The first-order chi connectivity index (χ1) is 20.2. The number of quaternary nitrogens is 1. The number of nitrogens with one attached hydrogen (secondary N) is 2. The number of hydrogen-bond acceptors (Lipinski definition) is 5. The van der Waals surface area contributed by atoms with Crippen molar-refractivity contribution in [3.63, 3.8) is 0 Å². The van der Waals surface area contributed by atoms with Gasteiger partial charge in [-0.25, -0.2) is 13.2 Å². The fourth-order valence-electron chi connectivity index (χ4n) is 4.79. The number of nitrogens with zero attached hydrogens (tertiary/aromatic N) is 1. The lowest BCUT2D eigenvalue weighted by atomic mass is 9.94. The van der Waals surface area contributed by atoms with Crippen LogP contribution in [0.1, 0.15) is 40.5 Å². The van der Waals surface area contributed by atoms with Gasteiger partial charge < -0.3 is 16.4 Å². The number of primary amides is 1. The van der Waals surface area contributed by atoms with Gasteiger partial charge in [0.05, 0.1) is 17.3 Å². The number of benzene rings is 2. The summed E-state index contributed by atoms with van der Waals surface area (Å²) in [5, 5.41) is 11.1. The second kappa shape index (κ2) is 12.6. The van der Waals surface area contributed by atoms with Crippen LogP contribution in [0.15, 0.2) is 66.0 Å². The molecule has 0 radical (unpaired) electrons. The Morgan fingerprint density at radius 3 is 2.40 bits per heavy atom. The van der Waals surface area contributed by atoms with Crippen molar-refractivity contribution >= 4 is 23.3 Å². The van der Waals surface area contributed by atoms with Gasteiger partial charge >= 0.3 is 6.18 Å². The van der Waals surface area contributed by atoms with Gasteiger partial charge in [-0.3, -0.25) is 24.8 Å².